The third-order valence-corrected chi connectivity index (χ3v) is 4.42. The Kier molecular flexibility index (Phi) is 8.74. The van der Waals surface area contributed by atoms with Gasteiger partial charge in [-0.3, -0.25) is 9.79 Å². The average Bonchev–Trinajstić information content (AvgIpc) is 2.65. The lowest BCUT2D eigenvalue weighted by atomic mass is 9.95. The molecule has 1 fully saturated rings. The number of guanidine groups is 1. The van der Waals surface area contributed by atoms with E-state index in [-0.39, 0.29) is 11.9 Å². The molecule has 0 unspecified atom stereocenters. The Hall–Kier alpha value is -2.44. The fourth-order valence-electron chi connectivity index (χ4n) is 3.15. The summed E-state index contributed by atoms with van der Waals surface area (Å²) in [5.74, 6) is 1.68. The van der Waals surface area contributed by atoms with Gasteiger partial charge in [0.15, 0.2) is 5.96 Å². The van der Waals surface area contributed by atoms with Gasteiger partial charge in [-0.05, 0) is 38.8 Å². The minimum absolute atomic E-state index is 0.0341. The van der Waals surface area contributed by atoms with Crippen molar-refractivity contribution in [3.63, 3.8) is 0 Å². The van der Waals surface area contributed by atoms with E-state index >= 15 is 0 Å². The van der Waals surface area contributed by atoms with Crippen LogP contribution in [0.25, 0.3) is 0 Å². The fraction of sp³-hybridized carbons (Fsp3) is 0.600. The standard InChI is InChI=1S/C20H32N4O3/c1-3-26-16-10-11-18(27-4-2)17(14-16)24-20(21)22-13-12-19(25)23-15-8-6-5-7-9-15/h10-11,14-15H,3-9,12-13H2,1-2H3,(H,23,25)(H3,21,22,24). The predicted molar refractivity (Wildman–Crippen MR) is 109 cm³/mol. The molecule has 2 rings (SSSR count). The maximum absolute atomic E-state index is 12.0. The van der Waals surface area contributed by atoms with E-state index in [0.717, 1.165) is 18.6 Å². The van der Waals surface area contributed by atoms with Crippen molar-refractivity contribution in [3.8, 4) is 11.5 Å². The second-order valence-electron chi connectivity index (χ2n) is 6.57. The van der Waals surface area contributed by atoms with Gasteiger partial charge in [-0.2, -0.15) is 0 Å². The first-order valence-electron chi connectivity index (χ1n) is 9.88. The Labute approximate surface area is 161 Å². The second kappa shape index (κ2) is 11.3. The Balaban J connectivity index is 1.86. The van der Waals surface area contributed by atoms with Gasteiger partial charge in [0.1, 0.15) is 11.5 Å². The molecule has 150 valence electrons. The average molecular weight is 377 g/mol. The van der Waals surface area contributed by atoms with Crippen LogP contribution in [-0.2, 0) is 4.79 Å². The molecule has 0 saturated heterocycles. The zero-order valence-corrected chi connectivity index (χ0v) is 16.4. The molecule has 0 aliphatic heterocycles. The molecule has 1 aromatic carbocycles. The molecule has 0 spiro atoms. The van der Waals surface area contributed by atoms with Crippen LogP contribution in [0, 0.1) is 0 Å². The first-order valence-corrected chi connectivity index (χ1v) is 9.88. The van der Waals surface area contributed by atoms with Gasteiger partial charge in [-0.15, -0.1) is 0 Å². The maximum Gasteiger partial charge on any atom is 0.222 e. The van der Waals surface area contributed by atoms with E-state index < -0.39 is 0 Å². The normalized spacial score (nSPS) is 15.3. The minimum atomic E-state index is 0.0341. The third kappa shape index (κ3) is 7.37. The molecule has 1 aliphatic carbocycles. The van der Waals surface area contributed by atoms with E-state index in [4.69, 9.17) is 15.2 Å². The summed E-state index contributed by atoms with van der Waals surface area (Å²) in [4.78, 5) is 16.3. The van der Waals surface area contributed by atoms with Crippen LogP contribution in [0.3, 0.4) is 0 Å². The molecule has 7 nitrogen and oxygen atoms in total. The van der Waals surface area contributed by atoms with Crippen LogP contribution in [0.1, 0.15) is 52.4 Å². The smallest absolute Gasteiger partial charge is 0.222 e. The van der Waals surface area contributed by atoms with Crippen LogP contribution >= 0.6 is 0 Å². The monoisotopic (exact) mass is 376 g/mol. The van der Waals surface area contributed by atoms with Gasteiger partial charge < -0.3 is 25.8 Å². The topological polar surface area (TPSA) is 98.0 Å². The number of nitrogens with two attached hydrogens (primary N) is 1. The number of anilines is 1. The van der Waals surface area contributed by atoms with Crippen molar-refractivity contribution >= 4 is 17.6 Å². The molecule has 0 radical (unpaired) electrons. The summed E-state index contributed by atoms with van der Waals surface area (Å²) in [6.45, 7) is 5.31. The van der Waals surface area contributed by atoms with Crippen molar-refractivity contribution in [2.45, 2.75) is 58.4 Å². The number of carbonyl (C=O) groups is 1. The molecule has 0 bridgehead atoms. The molecule has 1 saturated carbocycles. The van der Waals surface area contributed by atoms with E-state index in [1.165, 1.54) is 19.3 Å². The number of amides is 1. The number of hydrogen-bond acceptors (Lipinski definition) is 4. The molecule has 0 atom stereocenters. The molecule has 1 aliphatic rings. The van der Waals surface area contributed by atoms with Crippen molar-refractivity contribution in [1.29, 1.82) is 0 Å². The van der Waals surface area contributed by atoms with Crippen molar-refractivity contribution in [3.05, 3.63) is 18.2 Å². The van der Waals surface area contributed by atoms with Gasteiger partial charge in [0.05, 0.1) is 25.4 Å². The minimum Gasteiger partial charge on any atom is -0.494 e. The maximum atomic E-state index is 12.0. The Morgan fingerprint density at radius 1 is 1.19 bits per heavy atom. The summed E-state index contributed by atoms with van der Waals surface area (Å²) in [6, 6.07) is 5.83. The van der Waals surface area contributed by atoms with E-state index in [1.54, 1.807) is 0 Å². The van der Waals surface area contributed by atoms with Gasteiger partial charge in [-0.1, -0.05) is 19.3 Å². The second-order valence-corrected chi connectivity index (χ2v) is 6.57. The fourth-order valence-corrected chi connectivity index (χ4v) is 3.15. The molecule has 0 heterocycles. The van der Waals surface area contributed by atoms with Crippen molar-refractivity contribution in [1.82, 2.24) is 5.32 Å². The highest BCUT2D eigenvalue weighted by Gasteiger charge is 2.15. The quantitative estimate of drug-likeness (QED) is 0.454. The number of benzene rings is 1. The van der Waals surface area contributed by atoms with Crippen LogP contribution in [0.5, 0.6) is 11.5 Å². The molecule has 1 aromatic rings. The SMILES string of the molecule is CCOc1ccc(OCC)c(NC(N)=NCCC(=O)NC2CCCCC2)c1. The van der Waals surface area contributed by atoms with Gasteiger partial charge in [-0.25, -0.2) is 0 Å². The summed E-state index contributed by atoms with van der Waals surface area (Å²) in [7, 11) is 0. The lowest BCUT2D eigenvalue weighted by Gasteiger charge is -2.22. The molecule has 27 heavy (non-hydrogen) atoms. The highest BCUT2D eigenvalue weighted by Crippen LogP contribution is 2.29. The largest absolute Gasteiger partial charge is 0.494 e. The number of carbonyl (C=O) groups excluding carboxylic acids is 1. The van der Waals surface area contributed by atoms with Gasteiger partial charge >= 0.3 is 0 Å². The summed E-state index contributed by atoms with van der Waals surface area (Å²) < 4.78 is 11.1. The Morgan fingerprint density at radius 3 is 2.63 bits per heavy atom. The number of aliphatic imine (C=N–C) groups is 1. The van der Waals surface area contributed by atoms with Crippen LogP contribution in [0.2, 0.25) is 0 Å². The summed E-state index contributed by atoms with van der Waals surface area (Å²) in [5, 5.41) is 6.12. The number of rotatable bonds is 9. The van der Waals surface area contributed by atoms with Crippen LogP contribution in [0.4, 0.5) is 5.69 Å². The predicted octanol–water partition coefficient (Wildman–Crippen LogP) is 3.05. The number of nitrogens with zero attached hydrogens (tertiary/aromatic N) is 1. The highest BCUT2D eigenvalue weighted by atomic mass is 16.5. The van der Waals surface area contributed by atoms with E-state index in [0.29, 0.717) is 43.7 Å². The molecule has 4 N–H and O–H groups in total. The summed E-state index contributed by atoms with van der Waals surface area (Å²) in [6.07, 6.45) is 6.15. The number of hydrogen-bond donors (Lipinski definition) is 3. The number of nitrogens with one attached hydrogen (secondary N) is 2. The van der Waals surface area contributed by atoms with E-state index in [9.17, 15) is 4.79 Å². The van der Waals surface area contributed by atoms with Crippen LogP contribution < -0.4 is 25.8 Å². The lowest BCUT2D eigenvalue weighted by Crippen LogP contribution is -2.36. The summed E-state index contributed by atoms with van der Waals surface area (Å²) >= 11 is 0. The highest BCUT2D eigenvalue weighted by molar-refractivity contribution is 5.94. The zero-order valence-electron chi connectivity index (χ0n) is 16.4. The molecule has 1 amide bonds. The molecule has 7 heteroatoms. The van der Waals surface area contributed by atoms with Crippen molar-refractivity contribution < 1.29 is 14.3 Å². The molecular weight excluding hydrogens is 344 g/mol. The van der Waals surface area contributed by atoms with Gasteiger partial charge in [0.2, 0.25) is 5.91 Å². The van der Waals surface area contributed by atoms with Crippen LogP contribution in [0.15, 0.2) is 23.2 Å². The van der Waals surface area contributed by atoms with Crippen molar-refractivity contribution in [2.75, 3.05) is 25.1 Å². The molecular formula is C20H32N4O3. The third-order valence-electron chi connectivity index (χ3n) is 4.42. The molecule has 0 aromatic heterocycles. The lowest BCUT2D eigenvalue weighted by molar-refractivity contribution is -0.121. The van der Waals surface area contributed by atoms with Crippen LogP contribution in [-0.4, -0.2) is 37.7 Å². The van der Waals surface area contributed by atoms with Gasteiger partial charge in [0, 0.05) is 18.5 Å². The van der Waals surface area contributed by atoms with Crippen molar-refractivity contribution in [2.24, 2.45) is 10.7 Å². The first kappa shape index (κ1) is 20.9. The Morgan fingerprint density at radius 2 is 1.93 bits per heavy atom. The number of ether oxygens (including phenoxy) is 2. The Bertz CT molecular complexity index is 628. The summed E-state index contributed by atoms with van der Waals surface area (Å²) in [5.41, 5.74) is 6.67. The van der Waals surface area contributed by atoms with E-state index in [1.807, 2.05) is 32.0 Å². The first-order chi connectivity index (χ1) is 13.1. The van der Waals surface area contributed by atoms with Gasteiger partial charge in [0.25, 0.3) is 0 Å². The zero-order chi connectivity index (χ0) is 19.5. The van der Waals surface area contributed by atoms with E-state index in [2.05, 4.69) is 15.6 Å².